The molecule has 21 heavy (non-hydrogen) atoms. The van der Waals surface area contributed by atoms with Crippen molar-refractivity contribution < 1.29 is 13.9 Å². The molecule has 0 aliphatic carbocycles. The summed E-state index contributed by atoms with van der Waals surface area (Å²) in [6, 6.07) is 11.9. The molecule has 1 aliphatic heterocycles. The van der Waals surface area contributed by atoms with E-state index in [1.165, 1.54) is 6.07 Å². The Bertz CT molecular complexity index is 710. The third kappa shape index (κ3) is 2.90. The summed E-state index contributed by atoms with van der Waals surface area (Å²) in [7, 11) is 0. The summed E-state index contributed by atoms with van der Waals surface area (Å²) in [6.07, 6.45) is 0. The van der Waals surface area contributed by atoms with Gasteiger partial charge in [-0.15, -0.1) is 0 Å². The fourth-order valence-electron chi connectivity index (χ4n) is 2.12. The van der Waals surface area contributed by atoms with E-state index in [2.05, 4.69) is 5.32 Å². The summed E-state index contributed by atoms with van der Waals surface area (Å²) >= 11 is 0. The number of halogens is 1. The maximum absolute atomic E-state index is 13.8. The van der Waals surface area contributed by atoms with Crippen LogP contribution in [0.15, 0.2) is 36.4 Å². The van der Waals surface area contributed by atoms with Crippen LogP contribution in [0.25, 0.3) is 0 Å². The quantitative estimate of drug-likeness (QED) is 0.941. The van der Waals surface area contributed by atoms with Crippen molar-refractivity contribution >= 4 is 5.69 Å². The largest absolute Gasteiger partial charge is 0.486 e. The Morgan fingerprint density at radius 2 is 1.90 bits per heavy atom. The number of nitrogens with one attached hydrogen (secondary N) is 1. The van der Waals surface area contributed by atoms with E-state index >= 15 is 0 Å². The van der Waals surface area contributed by atoms with Crippen molar-refractivity contribution in [3.63, 3.8) is 0 Å². The highest BCUT2D eigenvalue weighted by atomic mass is 19.1. The molecule has 0 saturated heterocycles. The van der Waals surface area contributed by atoms with Crippen LogP contribution in [-0.4, -0.2) is 13.2 Å². The first-order chi connectivity index (χ1) is 10.3. The van der Waals surface area contributed by atoms with E-state index in [0.717, 1.165) is 11.3 Å². The lowest BCUT2D eigenvalue weighted by Crippen LogP contribution is -2.15. The Morgan fingerprint density at radius 1 is 1.10 bits per heavy atom. The number of benzene rings is 2. The predicted molar refractivity (Wildman–Crippen MR) is 75.9 cm³/mol. The van der Waals surface area contributed by atoms with Crippen molar-refractivity contribution in [2.24, 2.45) is 0 Å². The zero-order valence-electron chi connectivity index (χ0n) is 11.2. The lowest BCUT2D eigenvalue weighted by atomic mass is 10.1. The molecule has 4 nitrogen and oxygen atoms in total. The molecule has 1 heterocycles. The summed E-state index contributed by atoms with van der Waals surface area (Å²) in [5.41, 5.74) is 1.63. The van der Waals surface area contributed by atoms with E-state index in [-0.39, 0.29) is 0 Å². The standard InChI is InChI=1S/C16H13FN2O2/c17-13-7-11(9-18)1-3-14(13)19-10-12-2-4-15-16(8-12)21-6-5-20-15/h1-4,7-8,19H,5-6,10H2. The second-order valence-corrected chi connectivity index (χ2v) is 4.64. The van der Waals surface area contributed by atoms with Gasteiger partial charge in [-0.3, -0.25) is 0 Å². The Labute approximate surface area is 121 Å². The Balaban J connectivity index is 1.72. The summed E-state index contributed by atoms with van der Waals surface area (Å²) in [5, 5.41) is 11.7. The molecular formula is C16H13FN2O2. The van der Waals surface area contributed by atoms with Crippen LogP contribution in [0.2, 0.25) is 0 Å². The Hall–Kier alpha value is -2.74. The van der Waals surface area contributed by atoms with Gasteiger partial charge in [0.05, 0.1) is 17.3 Å². The van der Waals surface area contributed by atoms with Crippen molar-refractivity contribution in [1.29, 1.82) is 5.26 Å². The molecule has 2 aromatic carbocycles. The lowest BCUT2D eigenvalue weighted by molar-refractivity contribution is 0.171. The number of nitriles is 1. The number of anilines is 1. The lowest BCUT2D eigenvalue weighted by Gasteiger charge is -2.19. The van der Waals surface area contributed by atoms with Gasteiger partial charge in [0, 0.05) is 6.54 Å². The van der Waals surface area contributed by atoms with Crippen molar-refractivity contribution in [2.45, 2.75) is 6.54 Å². The molecule has 0 unspecified atom stereocenters. The van der Waals surface area contributed by atoms with Crippen molar-refractivity contribution in [3.8, 4) is 17.6 Å². The second-order valence-electron chi connectivity index (χ2n) is 4.64. The topological polar surface area (TPSA) is 54.3 Å². The SMILES string of the molecule is N#Cc1ccc(NCc2ccc3c(c2)OCCO3)c(F)c1. The zero-order valence-corrected chi connectivity index (χ0v) is 11.2. The molecule has 5 heteroatoms. The van der Waals surface area contributed by atoms with E-state index in [1.807, 2.05) is 24.3 Å². The molecule has 1 N–H and O–H groups in total. The minimum Gasteiger partial charge on any atom is -0.486 e. The minimum absolute atomic E-state index is 0.303. The minimum atomic E-state index is -0.438. The summed E-state index contributed by atoms with van der Waals surface area (Å²) < 4.78 is 24.7. The van der Waals surface area contributed by atoms with Crippen LogP contribution in [0.1, 0.15) is 11.1 Å². The van der Waals surface area contributed by atoms with Gasteiger partial charge in [0.1, 0.15) is 19.0 Å². The highest BCUT2D eigenvalue weighted by Crippen LogP contribution is 2.31. The van der Waals surface area contributed by atoms with Gasteiger partial charge in [0.25, 0.3) is 0 Å². The molecule has 0 fully saturated rings. The molecule has 0 atom stereocenters. The molecule has 0 aromatic heterocycles. The van der Waals surface area contributed by atoms with Gasteiger partial charge in [0.15, 0.2) is 11.5 Å². The monoisotopic (exact) mass is 284 g/mol. The van der Waals surface area contributed by atoms with Crippen LogP contribution in [0.5, 0.6) is 11.5 Å². The van der Waals surface area contributed by atoms with Gasteiger partial charge in [-0.1, -0.05) is 6.07 Å². The van der Waals surface area contributed by atoms with Gasteiger partial charge >= 0.3 is 0 Å². The molecule has 2 aromatic rings. The molecule has 0 bridgehead atoms. The number of fused-ring (bicyclic) bond motifs is 1. The zero-order chi connectivity index (χ0) is 14.7. The van der Waals surface area contributed by atoms with E-state index in [0.29, 0.717) is 36.8 Å². The average Bonchev–Trinajstić information content (AvgIpc) is 2.53. The summed E-state index contributed by atoms with van der Waals surface area (Å²) in [5.74, 6) is 1.00. The fraction of sp³-hybridized carbons (Fsp3) is 0.188. The normalized spacial score (nSPS) is 12.6. The fourth-order valence-corrected chi connectivity index (χ4v) is 2.12. The Kier molecular flexibility index (Phi) is 3.61. The first-order valence-corrected chi connectivity index (χ1v) is 6.58. The molecule has 0 saturated carbocycles. The third-order valence-corrected chi connectivity index (χ3v) is 3.19. The van der Waals surface area contributed by atoms with Gasteiger partial charge in [-0.2, -0.15) is 5.26 Å². The maximum Gasteiger partial charge on any atom is 0.161 e. The van der Waals surface area contributed by atoms with Crippen LogP contribution in [0, 0.1) is 17.1 Å². The Morgan fingerprint density at radius 3 is 2.67 bits per heavy atom. The van der Waals surface area contributed by atoms with Gasteiger partial charge < -0.3 is 14.8 Å². The second kappa shape index (κ2) is 5.71. The third-order valence-electron chi connectivity index (χ3n) is 3.19. The van der Waals surface area contributed by atoms with E-state index in [4.69, 9.17) is 14.7 Å². The number of hydrogen-bond donors (Lipinski definition) is 1. The molecule has 0 radical (unpaired) electrons. The molecule has 1 aliphatic rings. The van der Waals surface area contributed by atoms with Crippen LogP contribution >= 0.6 is 0 Å². The van der Waals surface area contributed by atoms with Gasteiger partial charge in [-0.25, -0.2) is 4.39 Å². The maximum atomic E-state index is 13.8. The molecule has 0 amide bonds. The van der Waals surface area contributed by atoms with Crippen LogP contribution < -0.4 is 14.8 Å². The van der Waals surface area contributed by atoms with Crippen LogP contribution in [0.4, 0.5) is 10.1 Å². The number of hydrogen-bond acceptors (Lipinski definition) is 4. The van der Waals surface area contributed by atoms with E-state index in [9.17, 15) is 4.39 Å². The molecule has 3 rings (SSSR count). The number of rotatable bonds is 3. The van der Waals surface area contributed by atoms with Crippen LogP contribution in [0.3, 0.4) is 0 Å². The smallest absolute Gasteiger partial charge is 0.161 e. The van der Waals surface area contributed by atoms with Gasteiger partial charge in [-0.05, 0) is 35.9 Å². The van der Waals surface area contributed by atoms with Crippen molar-refractivity contribution in [2.75, 3.05) is 18.5 Å². The highest BCUT2D eigenvalue weighted by Gasteiger charge is 2.11. The molecular weight excluding hydrogens is 271 g/mol. The molecule has 0 spiro atoms. The van der Waals surface area contributed by atoms with Crippen LogP contribution in [-0.2, 0) is 6.54 Å². The van der Waals surface area contributed by atoms with E-state index < -0.39 is 5.82 Å². The molecule has 106 valence electrons. The summed E-state index contributed by atoms with van der Waals surface area (Å²) in [6.45, 7) is 1.55. The van der Waals surface area contributed by atoms with E-state index in [1.54, 1.807) is 12.1 Å². The highest BCUT2D eigenvalue weighted by molar-refractivity contribution is 5.50. The number of ether oxygens (including phenoxy) is 2. The first kappa shape index (κ1) is 13.3. The predicted octanol–water partition coefficient (Wildman–Crippen LogP) is 3.08. The summed E-state index contributed by atoms with van der Waals surface area (Å²) in [4.78, 5) is 0. The van der Waals surface area contributed by atoms with Gasteiger partial charge in [0.2, 0.25) is 0 Å². The first-order valence-electron chi connectivity index (χ1n) is 6.58. The van der Waals surface area contributed by atoms with Crippen molar-refractivity contribution in [1.82, 2.24) is 0 Å². The average molecular weight is 284 g/mol. The van der Waals surface area contributed by atoms with Crippen molar-refractivity contribution in [3.05, 3.63) is 53.3 Å². The number of nitrogens with zero attached hydrogens (tertiary/aromatic N) is 1.